The molecule has 3 rings (SSSR count). The molecule has 0 saturated carbocycles. The van der Waals surface area contributed by atoms with E-state index < -0.39 is 0 Å². The van der Waals surface area contributed by atoms with Crippen LogP contribution in [-0.2, 0) is 22.7 Å². The first-order valence-corrected chi connectivity index (χ1v) is 8.67. The minimum absolute atomic E-state index is 0.136. The van der Waals surface area contributed by atoms with Crippen LogP contribution in [-0.4, -0.2) is 30.1 Å². The maximum atomic E-state index is 13.8. The summed E-state index contributed by atoms with van der Waals surface area (Å²) in [5.74, 6) is 0.593. The van der Waals surface area contributed by atoms with Gasteiger partial charge < -0.3 is 19.7 Å². The number of halogens is 1. The number of hydrogen-bond acceptors (Lipinski definition) is 4. The minimum atomic E-state index is -0.365. The topological polar surface area (TPSA) is 67.9 Å². The summed E-state index contributed by atoms with van der Waals surface area (Å²) in [5, 5.41) is 2.81. The van der Waals surface area contributed by atoms with Crippen LogP contribution in [0, 0.1) is 5.82 Å². The molecule has 0 saturated heterocycles. The average molecular weight is 372 g/mol. The van der Waals surface area contributed by atoms with Crippen molar-refractivity contribution in [2.75, 3.05) is 13.3 Å². The first-order chi connectivity index (χ1) is 13.0. The standard InChI is InChI=1S/C20H21FN2O4/c1-14(24)23(12-16-4-2-3-5-17(16)21)9-8-20(25)22-11-15-6-7-18-19(10-15)27-13-26-18/h2-7,10H,8-9,11-13H2,1H3,(H,22,25). The van der Waals surface area contributed by atoms with Crippen LogP contribution in [0.3, 0.4) is 0 Å². The number of fused-ring (bicyclic) bond motifs is 1. The molecule has 0 atom stereocenters. The average Bonchev–Trinajstić information content (AvgIpc) is 3.12. The molecule has 0 spiro atoms. The number of amides is 2. The lowest BCUT2D eigenvalue weighted by atomic mass is 10.2. The van der Waals surface area contributed by atoms with Gasteiger partial charge in [0.1, 0.15) is 5.82 Å². The number of nitrogens with zero attached hydrogens (tertiary/aromatic N) is 1. The maximum absolute atomic E-state index is 13.8. The second-order valence-corrected chi connectivity index (χ2v) is 6.25. The van der Waals surface area contributed by atoms with Crippen molar-refractivity contribution in [3.05, 3.63) is 59.4 Å². The van der Waals surface area contributed by atoms with E-state index in [0.717, 1.165) is 5.56 Å². The van der Waals surface area contributed by atoms with Gasteiger partial charge in [0.25, 0.3) is 0 Å². The van der Waals surface area contributed by atoms with Crippen LogP contribution in [0.1, 0.15) is 24.5 Å². The summed E-state index contributed by atoms with van der Waals surface area (Å²) in [4.78, 5) is 25.4. The zero-order valence-corrected chi connectivity index (χ0v) is 15.0. The normalized spacial score (nSPS) is 11.9. The molecule has 0 bridgehead atoms. The molecule has 7 heteroatoms. The molecular formula is C20H21FN2O4. The Morgan fingerprint density at radius 2 is 1.93 bits per heavy atom. The number of rotatable bonds is 7. The summed E-state index contributed by atoms with van der Waals surface area (Å²) < 4.78 is 24.3. The monoisotopic (exact) mass is 372 g/mol. The fraction of sp³-hybridized carbons (Fsp3) is 0.300. The number of carbonyl (C=O) groups is 2. The van der Waals surface area contributed by atoms with Gasteiger partial charge in [-0.05, 0) is 23.8 Å². The Kier molecular flexibility index (Phi) is 5.90. The summed E-state index contributed by atoms with van der Waals surface area (Å²) in [6.45, 7) is 2.32. The fourth-order valence-corrected chi connectivity index (χ4v) is 2.76. The van der Waals surface area contributed by atoms with Crippen molar-refractivity contribution >= 4 is 11.8 Å². The molecule has 1 heterocycles. The summed E-state index contributed by atoms with van der Waals surface area (Å²) in [6.07, 6.45) is 0.137. The number of carbonyl (C=O) groups excluding carboxylic acids is 2. The molecule has 1 aliphatic heterocycles. The molecule has 1 N–H and O–H groups in total. The molecule has 1 aliphatic rings. The lowest BCUT2D eigenvalue weighted by Crippen LogP contribution is -2.33. The second-order valence-electron chi connectivity index (χ2n) is 6.25. The zero-order valence-electron chi connectivity index (χ0n) is 15.0. The van der Waals surface area contributed by atoms with Crippen molar-refractivity contribution in [3.8, 4) is 11.5 Å². The molecule has 0 radical (unpaired) electrons. The van der Waals surface area contributed by atoms with Crippen LogP contribution in [0.5, 0.6) is 11.5 Å². The zero-order chi connectivity index (χ0) is 19.2. The van der Waals surface area contributed by atoms with E-state index in [9.17, 15) is 14.0 Å². The van der Waals surface area contributed by atoms with Crippen LogP contribution in [0.25, 0.3) is 0 Å². The molecule has 2 aromatic rings. The predicted octanol–water partition coefficient (Wildman–Crippen LogP) is 2.61. The van der Waals surface area contributed by atoms with Crippen molar-refractivity contribution in [2.24, 2.45) is 0 Å². The van der Waals surface area contributed by atoms with Gasteiger partial charge in [-0.15, -0.1) is 0 Å². The van der Waals surface area contributed by atoms with Crippen LogP contribution in [0.15, 0.2) is 42.5 Å². The summed E-state index contributed by atoms with van der Waals surface area (Å²) in [7, 11) is 0. The molecule has 2 amide bonds. The van der Waals surface area contributed by atoms with Crippen molar-refractivity contribution in [1.82, 2.24) is 10.2 Å². The summed E-state index contributed by atoms with van der Waals surface area (Å²) >= 11 is 0. The maximum Gasteiger partial charge on any atom is 0.231 e. The Labute approximate surface area is 156 Å². The van der Waals surface area contributed by atoms with Crippen molar-refractivity contribution in [3.63, 3.8) is 0 Å². The highest BCUT2D eigenvalue weighted by Crippen LogP contribution is 2.32. The largest absolute Gasteiger partial charge is 0.454 e. The molecule has 0 aliphatic carbocycles. The van der Waals surface area contributed by atoms with Gasteiger partial charge in [-0.2, -0.15) is 0 Å². The first kappa shape index (κ1) is 18.7. The Hall–Kier alpha value is -3.09. The van der Waals surface area contributed by atoms with E-state index in [1.54, 1.807) is 24.3 Å². The number of nitrogens with one attached hydrogen (secondary N) is 1. The third kappa shape index (κ3) is 4.97. The molecule has 0 fully saturated rings. The van der Waals surface area contributed by atoms with Crippen molar-refractivity contribution < 1.29 is 23.5 Å². The van der Waals surface area contributed by atoms with Gasteiger partial charge in [-0.3, -0.25) is 9.59 Å². The van der Waals surface area contributed by atoms with Crippen molar-refractivity contribution in [1.29, 1.82) is 0 Å². The van der Waals surface area contributed by atoms with Gasteiger partial charge in [-0.25, -0.2) is 4.39 Å². The molecule has 2 aromatic carbocycles. The Morgan fingerprint density at radius 3 is 2.70 bits per heavy atom. The quantitative estimate of drug-likeness (QED) is 0.811. The van der Waals surface area contributed by atoms with Gasteiger partial charge in [0, 0.05) is 38.5 Å². The molecule has 6 nitrogen and oxygen atoms in total. The molecule has 0 unspecified atom stereocenters. The highest BCUT2D eigenvalue weighted by atomic mass is 19.1. The van der Waals surface area contributed by atoms with E-state index in [4.69, 9.17) is 9.47 Å². The van der Waals surface area contributed by atoms with Crippen molar-refractivity contribution in [2.45, 2.75) is 26.4 Å². The highest BCUT2D eigenvalue weighted by Gasteiger charge is 2.15. The first-order valence-electron chi connectivity index (χ1n) is 8.67. The van der Waals surface area contributed by atoms with Gasteiger partial charge in [-0.1, -0.05) is 24.3 Å². The van der Waals surface area contributed by atoms with Gasteiger partial charge in [0.2, 0.25) is 18.6 Å². The van der Waals surface area contributed by atoms with Gasteiger partial charge >= 0.3 is 0 Å². The van der Waals surface area contributed by atoms with E-state index >= 15 is 0 Å². The number of hydrogen-bond donors (Lipinski definition) is 1. The van der Waals surface area contributed by atoms with E-state index in [-0.39, 0.29) is 43.9 Å². The molecular weight excluding hydrogens is 351 g/mol. The smallest absolute Gasteiger partial charge is 0.231 e. The number of benzene rings is 2. The number of ether oxygens (including phenoxy) is 2. The molecule has 142 valence electrons. The predicted molar refractivity (Wildman–Crippen MR) is 96.5 cm³/mol. The van der Waals surface area contributed by atoms with E-state index in [1.165, 1.54) is 17.9 Å². The lowest BCUT2D eigenvalue weighted by molar-refractivity contribution is -0.130. The Balaban J connectivity index is 1.49. The van der Waals surface area contributed by atoms with Crippen LogP contribution in [0.4, 0.5) is 4.39 Å². The van der Waals surface area contributed by atoms with Crippen LogP contribution >= 0.6 is 0 Å². The third-order valence-electron chi connectivity index (χ3n) is 4.30. The minimum Gasteiger partial charge on any atom is -0.454 e. The molecule has 27 heavy (non-hydrogen) atoms. The van der Waals surface area contributed by atoms with Gasteiger partial charge in [0.05, 0.1) is 0 Å². The van der Waals surface area contributed by atoms with Crippen LogP contribution in [0.2, 0.25) is 0 Å². The Bertz CT molecular complexity index is 840. The fourth-order valence-electron chi connectivity index (χ4n) is 2.76. The van der Waals surface area contributed by atoms with Gasteiger partial charge in [0.15, 0.2) is 11.5 Å². The van der Waals surface area contributed by atoms with Crippen LogP contribution < -0.4 is 14.8 Å². The summed E-state index contributed by atoms with van der Waals surface area (Å²) in [6, 6.07) is 11.8. The third-order valence-corrected chi connectivity index (χ3v) is 4.30. The Morgan fingerprint density at radius 1 is 1.15 bits per heavy atom. The summed E-state index contributed by atoms with van der Waals surface area (Å²) in [5.41, 5.74) is 1.32. The SMILES string of the molecule is CC(=O)N(CCC(=O)NCc1ccc2c(c1)OCO2)Cc1ccccc1F. The van der Waals surface area contributed by atoms with E-state index in [0.29, 0.717) is 23.6 Å². The lowest BCUT2D eigenvalue weighted by Gasteiger charge is -2.21. The second kappa shape index (κ2) is 8.53. The van der Waals surface area contributed by atoms with E-state index in [2.05, 4.69) is 5.32 Å². The molecule has 0 aromatic heterocycles. The van der Waals surface area contributed by atoms with E-state index in [1.807, 2.05) is 12.1 Å². The highest BCUT2D eigenvalue weighted by molar-refractivity contribution is 5.78.